The monoisotopic (exact) mass is 368 g/mol. The van der Waals surface area contributed by atoms with Crippen molar-refractivity contribution in [3.05, 3.63) is 47.7 Å². The molecule has 4 rings (SSSR count). The highest BCUT2D eigenvalue weighted by atomic mass is 19.1. The first-order chi connectivity index (χ1) is 13.1. The number of benzene rings is 1. The molecule has 3 aromatic rings. The summed E-state index contributed by atoms with van der Waals surface area (Å²) in [5.74, 6) is 1.31. The maximum atomic E-state index is 12.6. The molecule has 1 aliphatic rings. The van der Waals surface area contributed by atoms with E-state index in [1.165, 1.54) is 0 Å². The summed E-state index contributed by atoms with van der Waals surface area (Å²) in [6.45, 7) is 0.222. The van der Waals surface area contributed by atoms with Crippen molar-refractivity contribution in [3.8, 4) is 5.75 Å². The first kappa shape index (κ1) is 17.3. The van der Waals surface area contributed by atoms with Gasteiger partial charge in [0, 0.05) is 49.9 Å². The van der Waals surface area contributed by atoms with Crippen LogP contribution in [-0.4, -0.2) is 47.2 Å². The highest BCUT2D eigenvalue weighted by Crippen LogP contribution is 2.30. The molecule has 6 nitrogen and oxygen atoms in total. The predicted molar refractivity (Wildman–Crippen MR) is 103 cm³/mol. The number of rotatable bonds is 5. The number of hydrogen-bond acceptors (Lipinski definition) is 4. The molecule has 0 spiro atoms. The third-order valence-electron chi connectivity index (χ3n) is 4.85. The second-order valence-corrected chi connectivity index (χ2v) is 6.62. The Hall–Kier alpha value is -3.09. The highest BCUT2D eigenvalue weighted by molar-refractivity contribution is 6.08. The second kappa shape index (κ2) is 6.90. The van der Waals surface area contributed by atoms with Crippen LogP contribution in [0.3, 0.4) is 0 Å². The Morgan fingerprint density at radius 2 is 2.11 bits per heavy atom. The van der Waals surface area contributed by atoms with Crippen LogP contribution in [0.5, 0.6) is 5.75 Å². The lowest BCUT2D eigenvalue weighted by atomic mass is 10.0. The third-order valence-corrected chi connectivity index (χ3v) is 4.85. The van der Waals surface area contributed by atoms with Crippen molar-refractivity contribution in [2.75, 3.05) is 32.2 Å². The topological polar surface area (TPSA) is 59.4 Å². The van der Waals surface area contributed by atoms with Gasteiger partial charge in [-0.15, -0.1) is 0 Å². The van der Waals surface area contributed by atoms with E-state index >= 15 is 0 Å². The number of alkyl halides is 1. The molecule has 0 radical (unpaired) electrons. The summed E-state index contributed by atoms with van der Waals surface area (Å²) in [5.41, 5.74) is 3.35. The van der Waals surface area contributed by atoms with Crippen LogP contribution in [0.1, 0.15) is 16.1 Å². The predicted octanol–water partition coefficient (Wildman–Crippen LogP) is 3.29. The van der Waals surface area contributed by atoms with E-state index in [0.717, 1.165) is 34.4 Å². The molecular weight excluding hydrogens is 347 g/mol. The summed E-state index contributed by atoms with van der Waals surface area (Å²) in [4.78, 5) is 19.0. The fourth-order valence-electron chi connectivity index (χ4n) is 3.49. The second-order valence-electron chi connectivity index (χ2n) is 6.62. The van der Waals surface area contributed by atoms with Crippen molar-refractivity contribution in [2.45, 2.75) is 6.42 Å². The zero-order valence-electron chi connectivity index (χ0n) is 15.3. The molecule has 1 amide bonds. The number of carbonyl (C=O) groups is 1. The summed E-state index contributed by atoms with van der Waals surface area (Å²) < 4.78 is 19.6. The lowest BCUT2D eigenvalue weighted by Gasteiger charge is -2.23. The van der Waals surface area contributed by atoms with Crippen molar-refractivity contribution in [1.82, 2.24) is 14.5 Å². The van der Waals surface area contributed by atoms with Gasteiger partial charge in [-0.05, 0) is 24.3 Å². The fourth-order valence-corrected chi connectivity index (χ4v) is 3.49. The summed E-state index contributed by atoms with van der Waals surface area (Å²) in [6.07, 6.45) is 0.821. The van der Waals surface area contributed by atoms with Crippen molar-refractivity contribution in [1.29, 1.82) is 0 Å². The molecule has 0 saturated carbocycles. The molecule has 0 bridgehead atoms. The van der Waals surface area contributed by atoms with E-state index < -0.39 is 6.67 Å². The van der Waals surface area contributed by atoms with Crippen molar-refractivity contribution < 1.29 is 13.9 Å². The Morgan fingerprint density at radius 1 is 1.26 bits per heavy atom. The largest absolute Gasteiger partial charge is 0.491 e. The van der Waals surface area contributed by atoms with Gasteiger partial charge in [0.05, 0.1) is 5.56 Å². The normalized spacial score (nSPS) is 13.7. The van der Waals surface area contributed by atoms with E-state index in [1.807, 2.05) is 42.9 Å². The number of pyridine rings is 1. The SMILES string of the molecule is CN1CCc2c(c3ccc(Nc4cccc(OCCF)c4)nc3n2C)C1=O. The van der Waals surface area contributed by atoms with Crippen LogP contribution in [-0.2, 0) is 13.5 Å². The first-order valence-electron chi connectivity index (χ1n) is 8.88. The van der Waals surface area contributed by atoms with Crippen LogP contribution in [0.15, 0.2) is 36.4 Å². The van der Waals surface area contributed by atoms with Gasteiger partial charge in [-0.3, -0.25) is 4.79 Å². The van der Waals surface area contributed by atoms with Crippen LogP contribution in [0.4, 0.5) is 15.9 Å². The van der Waals surface area contributed by atoms with E-state index in [-0.39, 0.29) is 12.5 Å². The minimum absolute atomic E-state index is 0.0328. The highest BCUT2D eigenvalue weighted by Gasteiger charge is 2.28. The fraction of sp³-hybridized carbons (Fsp3) is 0.300. The molecule has 2 aromatic heterocycles. The zero-order valence-corrected chi connectivity index (χ0v) is 15.3. The number of ether oxygens (including phenoxy) is 1. The van der Waals surface area contributed by atoms with Crippen LogP contribution in [0, 0.1) is 0 Å². The number of likely N-dealkylation sites (N-methyl/N-ethyl adjacent to an activating group) is 1. The summed E-state index contributed by atoms with van der Waals surface area (Å²) >= 11 is 0. The standard InChI is InChI=1S/C20H21FN4O2/c1-24-10-8-16-18(20(24)26)15-6-7-17(23-19(15)25(16)2)22-13-4-3-5-14(12-13)27-11-9-21/h3-7,12H,8-11H2,1-2H3,(H,22,23). The number of aryl methyl sites for hydroxylation is 1. The minimum Gasteiger partial charge on any atom is -0.491 e. The van der Waals surface area contributed by atoms with Crippen LogP contribution in [0.25, 0.3) is 11.0 Å². The number of nitrogens with zero attached hydrogens (tertiary/aromatic N) is 3. The van der Waals surface area contributed by atoms with Crippen LogP contribution < -0.4 is 10.1 Å². The number of halogens is 1. The lowest BCUT2D eigenvalue weighted by molar-refractivity contribution is 0.0781. The smallest absolute Gasteiger partial charge is 0.256 e. The molecule has 0 unspecified atom stereocenters. The lowest BCUT2D eigenvalue weighted by Crippen LogP contribution is -2.34. The molecule has 1 aromatic carbocycles. The van der Waals surface area contributed by atoms with Gasteiger partial charge in [0.25, 0.3) is 5.91 Å². The maximum Gasteiger partial charge on any atom is 0.256 e. The Balaban J connectivity index is 1.67. The number of anilines is 2. The number of nitrogens with one attached hydrogen (secondary N) is 1. The van der Waals surface area contributed by atoms with E-state index in [2.05, 4.69) is 5.32 Å². The average molecular weight is 368 g/mol. The number of carbonyl (C=O) groups excluding carboxylic acids is 1. The molecular formula is C20H21FN4O2. The van der Waals surface area contributed by atoms with E-state index in [9.17, 15) is 9.18 Å². The molecule has 1 aliphatic heterocycles. The van der Waals surface area contributed by atoms with Crippen molar-refractivity contribution >= 4 is 28.4 Å². The third kappa shape index (κ3) is 3.09. The minimum atomic E-state index is -0.526. The van der Waals surface area contributed by atoms with Gasteiger partial charge < -0.3 is 19.5 Å². The summed E-state index contributed by atoms with van der Waals surface area (Å²) in [7, 11) is 3.77. The average Bonchev–Trinajstić information content (AvgIpc) is 2.96. The Bertz CT molecular complexity index is 1010. The number of amides is 1. The summed E-state index contributed by atoms with van der Waals surface area (Å²) in [5, 5.41) is 4.12. The van der Waals surface area contributed by atoms with Gasteiger partial charge in [-0.2, -0.15) is 0 Å². The van der Waals surface area contributed by atoms with E-state index in [0.29, 0.717) is 18.1 Å². The molecule has 1 N–H and O–H groups in total. The van der Waals surface area contributed by atoms with Gasteiger partial charge in [0.15, 0.2) is 0 Å². The Labute approximate surface area is 156 Å². The molecule has 0 fully saturated rings. The molecule has 0 atom stereocenters. The quantitative estimate of drug-likeness (QED) is 0.751. The molecule has 3 heterocycles. The summed E-state index contributed by atoms with van der Waals surface area (Å²) in [6, 6.07) is 11.1. The molecule has 0 aliphatic carbocycles. The molecule has 0 saturated heterocycles. The van der Waals surface area contributed by atoms with E-state index in [1.54, 1.807) is 17.0 Å². The van der Waals surface area contributed by atoms with Crippen molar-refractivity contribution in [3.63, 3.8) is 0 Å². The Morgan fingerprint density at radius 3 is 2.93 bits per heavy atom. The van der Waals surface area contributed by atoms with Crippen LogP contribution >= 0.6 is 0 Å². The first-order valence-corrected chi connectivity index (χ1v) is 8.88. The van der Waals surface area contributed by atoms with Gasteiger partial charge in [-0.1, -0.05) is 6.07 Å². The van der Waals surface area contributed by atoms with Gasteiger partial charge >= 0.3 is 0 Å². The van der Waals surface area contributed by atoms with E-state index in [4.69, 9.17) is 9.72 Å². The van der Waals surface area contributed by atoms with Gasteiger partial charge in [0.2, 0.25) is 0 Å². The molecule has 7 heteroatoms. The van der Waals surface area contributed by atoms with Gasteiger partial charge in [-0.25, -0.2) is 9.37 Å². The molecule has 27 heavy (non-hydrogen) atoms. The number of fused-ring (bicyclic) bond motifs is 3. The van der Waals surface area contributed by atoms with Crippen LogP contribution in [0.2, 0.25) is 0 Å². The Kier molecular flexibility index (Phi) is 4.43. The number of aromatic nitrogens is 2. The number of hydrogen-bond donors (Lipinski definition) is 1. The van der Waals surface area contributed by atoms with Crippen molar-refractivity contribution in [2.24, 2.45) is 7.05 Å². The van der Waals surface area contributed by atoms with Gasteiger partial charge in [0.1, 0.15) is 30.5 Å². The zero-order chi connectivity index (χ0) is 19.0. The molecule has 140 valence electrons. The maximum absolute atomic E-state index is 12.6.